The third-order valence-corrected chi connectivity index (χ3v) is 5.32. The molecule has 24 heavy (non-hydrogen) atoms. The topological polar surface area (TPSA) is 68.3 Å². The van der Waals surface area contributed by atoms with Crippen molar-refractivity contribution in [3.05, 3.63) is 23.4 Å². The van der Waals surface area contributed by atoms with E-state index >= 15 is 0 Å². The van der Waals surface area contributed by atoms with Gasteiger partial charge in [-0.1, -0.05) is 11.6 Å². The number of nitrogens with zero attached hydrogens (tertiary/aromatic N) is 1. The summed E-state index contributed by atoms with van der Waals surface area (Å²) in [6, 6.07) is 2.94. The Morgan fingerprint density at radius 3 is 2.46 bits per heavy atom. The molecule has 1 aromatic heterocycles. The van der Waals surface area contributed by atoms with Crippen LogP contribution in [-0.4, -0.2) is 37.5 Å². The lowest BCUT2D eigenvalue weighted by Crippen LogP contribution is -2.41. The van der Waals surface area contributed by atoms with Gasteiger partial charge in [-0.25, -0.2) is 18.1 Å². The number of hydrogen-bond acceptors (Lipinski definition) is 4. The third-order valence-electron chi connectivity index (χ3n) is 3.66. The average Bonchev–Trinajstić information content (AvgIpc) is 2.49. The molecule has 0 aromatic carbocycles. The van der Waals surface area contributed by atoms with Crippen LogP contribution in [0.1, 0.15) is 32.1 Å². The van der Waals surface area contributed by atoms with Gasteiger partial charge in [0.1, 0.15) is 6.10 Å². The Kier molecular flexibility index (Phi) is 6.33. The van der Waals surface area contributed by atoms with Crippen molar-refractivity contribution in [2.75, 3.05) is 5.75 Å². The largest absolute Gasteiger partial charge is 0.474 e. The van der Waals surface area contributed by atoms with E-state index in [2.05, 4.69) is 9.71 Å². The Balaban J connectivity index is 1.77. The monoisotopic (exact) mass is 386 g/mol. The minimum Gasteiger partial charge on any atom is -0.474 e. The van der Waals surface area contributed by atoms with E-state index in [0.717, 1.165) is 0 Å². The number of rotatable bonds is 6. The van der Waals surface area contributed by atoms with Gasteiger partial charge in [0.2, 0.25) is 15.9 Å². The maximum absolute atomic E-state index is 12.1. The molecule has 0 atom stereocenters. The quantitative estimate of drug-likeness (QED) is 0.814. The summed E-state index contributed by atoms with van der Waals surface area (Å²) in [4.78, 5) is 4.03. The summed E-state index contributed by atoms with van der Waals surface area (Å²) < 4.78 is 67.8. The molecule has 1 aliphatic carbocycles. The summed E-state index contributed by atoms with van der Waals surface area (Å²) in [5.41, 5.74) is 0. The van der Waals surface area contributed by atoms with Crippen LogP contribution in [0.15, 0.2) is 18.3 Å². The molecule has 0 saturated heterocycles. The number of alkyl halides is 3. The Morgan fingerprint density at radius 2 is 1.92 bits per heavy atom. The Hall–Kier alpha value is -1.06. The zero-order valence-corrected chi connectivity index (χ0v) is 14.3. The van der Waals surface area contributed by atoms with Crippen molar-refractivity contribution in [1.82, 2.24) is 9.71 Å². The molecular weight excluding hydrogens is 369 g/mol. The molecular formula is C14H18ClF3N2O3S. The summed E-state index contributed by atoms with van der Waals surface area (Å²) in [6.07, 6.45) is -2.26. The molecule has 10 heteroatoms. The highest BCUT2D eigenvalue weighted by molar-refractivity contribution is 7.89. The highest BCUT2D eigenvalue weighted by Gasteiger charge is 2.31. The third kappa shape index (κ3) is 6.82. The van der Waals surface area contributed by atoms with Gasteiger partial charge in [0, 0.05) is 18.3 Å². The van der Waals surface area contributed by atoms with Gasteiger partial charge in [-0.15, -0.1) is 0 Å². The zero-order valence-electron chi connectivity index (χ0n) is 12.7. The lowest BCUT2D eigenvalue weighted by Gasteiger charge is -2.29. The molecule has 0 aliphatic heterocycles. The molecule has 136 valence electrons. The van der Waals surface area contributed by atoms with Crippen molar-refractivity contribution in [2.24, 2.45) is 0 Å². The van der Waals surface area contributed by atoms with E-state index in [4.69, 9.17) is 16.3 Å². The lowest BCUT2D eigenvalue weighted by atomic mass is 9.94. The summed E-state index contributed by atoms with van der Waals surface area (Å²) in [5.74, 6) is -0.504. The molecule has 1 aromatic rings. The Morgan fingerprint density at radius 1 is 1.25 bits per heavy atom. The lowest BCUT2D eigenvalue weighted by molar-refractivity contribution is -0.130. The fourth-order valence-electron chi connectivity index (χ4n) is 2.46. The molecule has 1 aliphatic rings. The molecule has 1 saturated carbocycles. The van der Waals surface area contributed by atoms with E-state index in [1.165, 1.54) is 6.20 Å². The van der Waals surface area contributed by atoms with Crippen LogP contribution in [0.3, 0.4) is 0 Å². The van der Waals surface area contributed by atoms with Crippen LogP contribution in [-0.2, 0) is 10.0 Å². The Labute approximate surface area is 143 Å². The van der Waals surface area contributed by atoms with Crippen molar-refractivity contribution in [3.8, 4) is 5.88 Å². The maximum atomic E-state index is 12.1. The molecule has 0 unspecified atom stereocenters. The van der Waals surface area contributed by atoms with Crippen LogP contribution in [0, 0.1) is 0 Å². The Bertz CT molecular complexity index is 630. The van der Waals surface area contributed by atoms with Gasteiger partial charge in [0.05, 0.1) is 17.2 Å². The fraction of sp³-hybridized carbons (Fsp3) is 0.643. The number of sulfonamides is 1. The fourth-order valence-corrected chi connectivity index (χ4v) is 3.94. The van der Waals surface area contributed by atoms with Gasteiger partial charge < -0.3 is 4.74 Å². The second-order valence-corrected chi connectivity index (χ2v) is 8.02. The first-order chi connectivity index (χ1) is 11.1. The molecule has 5 nitrogen and oxygen atoms in total. The molecule has 1 fully saturated rings. The van der Waals surface area contributed by atoms with Crippen molar-refractivity contribution in [1.29, 1.82) is 0 Å². The SMILES string of the molecule is O=S(=O)(CCC(F)(F)F)NC1CCC(Oc2ccc(Cl)cn2)CC1. The summed E-state index contributed by atoms with van der Waals surface area (Å²) in [5, 5.41) is 0.499. The van der Waals surface area contributed by atoms with Crippen molar-refractivity contribution in [2.45, 2.75) is 50.4 Å². The minimum absolute atomic E-state index is 0.102. The van der Waals surface area contributed by atoms with E-state index in [9.17, 15) is 21.6 Å². The second-order valence-electron chi connectivity index (χ2n) is 5.71. The predicted molar refractivity (Wildman–Crippen MR) is 83.5 cm³/mol. The van der Waals surface area contributed by atoms with Gasteiger partial charge in [-0.2, -0.15) is 13.2 Å². The predicted octanol–water partition coefficient (Wildman–Crippen LogP) is 3.30. The highest BCUT2D eigenvalue weighted by atomic mass is 35.5. The zero-order chi connectivity index (χ0) is 17.8. The first-order valence-corrected chi connectivity index (χ1v) is 9.51. The molecule has 0 radical (unpaired) electrons. The summed E-state index contributed by atoms with van der Waals surface area (Å²) in [7, 11) is -3.93. The van der Waals surface area contributed by atoms with Crippen LogP contribution < -0.4 is 9.46 Å². The molecule has 0 bridgehead atoms. The van der Waals surface area contributed by atoms with E-state index in [1.54, 1.807) is 12.1 Å². The summed E-state index contributed by atoms with van der Waals surface area (Å²) in [6.45, 7) is 0. The molecule has 0 spiro atoms. The van der Waals surface area contributed by atoms with Gasteiger partial charge in [-0.3, -0.25) is 0 Å². The van der Waals surface area contributed by atoms with Crippen LogP contribution in [0.2, 0.25) is 5.02 Å². The molecule has 1 N–H and O–H groups in total. The van der Waals surface area contributed by atoms with Crippen LogP contribution in [0.5, 0.6) is 5.88 Å². The van der Waals surface area contributed by atoms with Crippen molar-refractivity contribution in [3.63, 3.8) is 0 Å². The van der Waals surface area contributed by atoms with E-state index in [1.807, 2.05) is 0 Å². The number of hydrogen-bond donors (Lipinski definition) is 1. The van der Waals surface area contributed by atoms with Crippen LogP contribution in [0.25, 0.3) is 0 Å². The smallest absolute Gasteiger partial charge is 0.390 e. The second kappa shape index (κ2) is 7.88. The number of pyridine rings is 1. The normalized spacial score (nSPS) is 22.3. The minimum atomic E-state index is -4.48. The first kappa shape index (κ1) is 19.3. The van der Waals surface area contributed by atoms with Gasteiger partial charge in [0.15, 0.2) is 0 Å². The number of halogens is 4. The maximum Gasteiger partial charge on any atom is 0.390 e. The number of aromatic nitrogens is 1. The van der Waals surface area contributed by atoms with E-state index in [-0.39, 0.29) is 12.1 Å². The van der Waals surface area contributed by atoms with E-state index < -0.39 is 28.4 Å². The average molecular weight is 387 g/mol. The summed E-state index contributed by atoms with van der Waals surface area (Å²) >= 11 is 5.74. The first-order valence-electron chi connectivity index (χ1n) is 7.48. The highest BCUT2D eigenvalue weighted by Crippen LogP contribution is 2.25. The van der Waals surface area contributed by atoms with Gasteiger partial charge in [-0.05, 0) is 31.7 Å². The van der Waals surface area contributed by atoms with Gasteiger partial charge in [0.25, 0.3) is 0 Å². The standard InChI is InChI=1S/C14H18ClF3N2O3S/c15-10-1-6-13(19-9-10)23-12-4-2-11(3-5-12)20-24(21,22)8-7-14(16,17)18/h1,6,9,11-12,20H,2-5,7-8H2. The number of nitrogens with one attached hydrogen (secondary N) is 1. The van der Waals surface area contributed by atoms with Crippen LogP contribution in [0.4, 0.5) is 13.2 Å². The van der Waals surface area contributed by atoms with E-state index in [0.29, 0.717) is 36.6 Å². The molecule has 0 amide bonds. The van der Waals surface area contributed by atoms with Crippen molar-refractivity contribution >= 4 is 21.6 Å². The molecule has 2 rings (SSSR count). The van der Waals surface area contributed by atoms with Gasteiger partial charge >= 0.3 is 6.18 Å². The van der Waals surface area contributed by atoms with Crippen molar-refractivity contribution < 1.29 is 26.3 Å². The number of ether oxygens (including phenoxy) is 1. The molecule has 1 heterocycles. The van der Waals surface area contributed by atoms with Crippen LogP contribution >= 0.6 is 11.6 Å².